The predicted molar refractivity (Wildman–Crippen MR) is 122 cm³/mol. The Morgan fingerprint density at radius 2 is 1.55 bits per heavy atom. The van der Waals surface area contributed by atoms with Crippen molar-refractivity contribution in [2.75, 3.05) is 0 Å². The molecule has 3 nitrogen and oxygen atoms in total. The first-order valence-corrected chi connectivity index (χ1v) is 10.4. The summed E-state index contributed by atoms with van der Waals surface area (Å²) in [5, 5.41) is 3.66. The molecule has 1 aromatic heterocycles. The molecule has 1 heterocycles. The third-order valence-corrected chi connectivity index (χ3v) is 5.55. The minimum atomic E-state index is 0.167. The Balaban J connectivity index is 1.50. The second-order valence-electron chi connectivity index (χ2n) is 8.04. The van der Waals surface area contributed by atoms with E-state index in [1.807, 2.05) is 0 Å². The van der Waals surface area contributed by atoms with Crippen molar-refractivity contribution in [3.63, 3.8) is 0 Å². The molecule has 4 rings (SSSR count). The standard InChI is InChI=1S/C26H29N3/c1-18(2)29-25-12-8-7-11-24(25)28-26(29)20(4)27-17-21-13-15-22(16-14-21)23-10-6-5-9-19(23)3/h5-16,18,20,27H,17H2,1-4H3/t20-/m0/s1. The second-order valence-corrected chi connectivity index (χ2v) is 8.04. The first-order valence-electron chi connectivity index (χ1n) is 10.4. The van der Waals surface area contributed by atoms with Crippen molar-refractivity contribution in [2.24, 2.45) is 0 Å². The lowest BCUT2D eigenvalue weighted by molar-refractivity contribution is 0.491. The van der Waals surface area contributed by atoms with E-state index in [2.05, 4.69) is 110 Å². The Morgan fingerprint density at radius 3 is 2.28 bits per heavy atom. The number of hydrogen-bond donors (Lipinski definition) is 1. The van der Waals surface area contributed by atoms with Crippen LogP contribution in [0.1, 0.15) is 49.8 Å². The van der Waals surface area contributed by atoms with Gasteiger partial charge in [0.05, 0.1) is 17.1 Å². The normalized spacial score (nSPS) is 12.6. The van der Waals surface area contributed by atoms with Crippen LogP contribution in [-0.2, 0) is 6.54 Å². The van der Waals surface area contributed by atoms with Gasteiger partial charge in [-0.15, -0.1) is 0 Å². The molecule has 0 saturated carbocycles. The molecule has 29 heavy (non-hydrogen) atoms. The van der Waals surface area contributed by atoms with Gasteiger partial charge < -0.3 is 9.88 Å². The lowest BCUT2D eigenvalue weighted by atomic mass is 9.99. The highest BCUT2D eigenvalue weighted by molar-refractivity contribution is 5.76. The number of benzene rings is 3. The highest BCUT2D eigenvalue weighted by atomic mass is 15.1. The molecule has 1 atom stereocenters. The van der Waals surface area contributed by atoms with Crippen LogP contribution < -0.4 is 5.32 Å². The Kier molecular flexibility index (Phi) is 5.50. The third-order valence-electron chi connectivity index (χ3n) is 5.55. The van der Waals surface area contributed by atoms with Gasteiger partial charge in [0.1, 0.15) is 5.82 Å². The fourth-order valence-electron chi connectivity index (χ4n) is 3.97. The van der Waals surface area contributed by atoms with E-state index >= 15 is 0 Å². The summed E-state index contributed by atoms with van der Waals surface area (Å²) < 4.78 is 2.34. The van der Waals surface area contributed by atoms with Crippen LogP contribution in [0.25, 0.3) is 22.2 Å². The van der Waals surface area contributed by atoms with Crippen LogP contribution in [0, 0.1) is 6.92 Å². The summed E-state index contributed by atoms with van der Waals surface area (Å²) in [6, 6.07) is 26.3. The summed E-state index contributed by atoms with van der Waals surface area (Å²) in [5.41, 5.74) is 7.41. The van der Waals surface area contributed by atoms with E-state index in [0.29, 0.717) is 6.04 Å². The first-order chi connectivity index (χ1) is 14.0. The maximum absolute atomic E-state index is 4.91. The van der Waals surface area contributed by atoms with E-state index < -0.39 is 0 Å². The van der Waals surface area contributed by atoms with E-state index in [4.69, 9.17) is 4.98 Å². The van der Waals surface area contributed by atoms with Gasteiger partial charge in [-0.1, -0.05) is 60.7 Å². The Labute approximate surface area is 173 Å². The Bertz CT molecular complexity index is 1110. The van der Waals surface area contributed by atoms with E-state index in [9.17, 15) is 0 Å². The number of fused-ring (bicyclic) bond motifs is 1. The minimum absolute atomic E-state index is 0.167. The van der Waals surface area contributed by atoms with Crippen molar-refractivity contribution in [2.45, 2.75) is 46.3 Å². The second kappa shape index (κ2) is 8.22. The number of aryl methyl sites for hydroxylation is 1. The molecule has 4 aromatic rings. The maximum Gasteiger partial charge on any atom is 0.127 e. The van der Waals surface area contributed by atoms with Gasteiger partial charge in [-0.25, -0.2) is 4.98 Å². The van der Waals surface area contributed by atoms with E-state index in [-0.39, 0.29) is 6.04 Å². The SMILES string of the molecule is Cc1ccccc1-c1ccc(CN[C@@H](C)c2nc3ccccc3n2C(C)C)cc1. The van der Waals surface area contributed by atoms with Gasteiger partial charge in [-0.2, -0.15) is 0 Å². The summed E-state index contributed by atoms with van der Waals surface area (Å²) in [5.74, 6) is 1.10. The van der Waals surface area contributed by atoms with Crippen LogP contribution in [0.2, 0.25) is 0 Å². The zero-order valence-electron chi connectivity index (χ0n) is 17.7. The maximum atomic E-state index is 4.91. The molecule has 0 radical (unpaired) electrons. The molecule has 148 valence electrons. The number of nitrogens with one attached hydrogen (secondary N) is 1. The molecule has 0 spiro atoms. The highest BCUT2D eigenvalue weighted by Crippen LogP contribution is 2.26. The number of hydrogen-bond acceptors (Lipinski definition) is 2. The van der Waals surface area contributed by atoms with Gasteiger partial charge in [-0.3, -0.25) is 0 Å². The molecular formula is C26H29N3. The van der Waals surface area contributed by atoms with Crippen LogP contribution in [0.3, 0.4) is 0 Å². The number of para-hydroxylation sites is 2. The Hall–Kier alpha value is -2.91. The lowest BCUT2D eigenvalue weighted by Crippen LogP contribution is -2.22. The smallest absolute Gasteiger partial charge is 0.127 e. The molecule has 0 fully saturated rings. The van der Waals surface area contributed by atoms with Crippen molar-refractivity contribution < 1.29 is 0 Å². The summed E-state index contributed by atoms with van der Waals surface area (Å²) in [4.78, 5) is 4.91. The van der Waals surface area contributed by atoms with Gasteiger partial charge in [-0.05, 0) is 62.1 Å². The van der Waals surface area contributed by atoms with Crippen molar-refractivity contribution in [3.8, 4) is 11.1 Å². The van der Waals surface area contributed by atoms with Crippen molar-refractivity contribution in [1.29, 1.82) is 0 Å². The molecular weight excluding hydrogens is 354 g/mol. The molecule has 0 amide bonds. The molecule has 1 N–H and O–H groups in total. The number of aromatic nitrogens is 2. The van der Waals surface area contributed by atoms with Gasteiger partial charge >= 0.3 is 0 Å². The summed E-state index contributed by atoms with van der Waals surface area (Å²) in [6.45, 7) is 9.61. The Morgan fingerprint density at radius 1 is 0.862 bits per heavy atom. The van der Waals surface area contributed by atoms with Crippen LogP contribution >= 0.6 is 0 Å². The van der Waals surface area contributed by atoms with Crippen LogP contribution in [-0.4, -0.2) is 9.55 Å². The van der Waals surface area contributed by atoms with Gasteiger partial charge in [0.15, 0.2) is 0 Å². The number of imidazole rings is 1. The fraction of sp³-hybridized carbons (Fsp3) is 0.269. The molecule has 3 heteroatoms. The predicted octanol–water partition coefficient (Wildman–Crippen LogP) is 6.44. The van der Waals surface area contributed by atoms with Crippen LogP contribution in [0.15, 0.2) is 72.8 Å². The van der Waals surface area contributed by atoms with Gasteiger partial charge in [0.2, 0.25) is 0 Å². The zero-order valence-corrected chi connectivity index (χ0v) is 17.7. The first kappa shape index (κ1) is 19.4. The number of nitrogens with zero attached hydrogens (tertiary/aromatic N) is 2. The molecule has 0 aliphatic rings. The van der Waals surface area contributed by atoms with E-state index in [1.165, 1.54) is 27.8 Å². The van der Waals surface area contributed by atoms with Crippen molar-refractivity contribution >= 4 is 11.0 Å². The average Bonchev–Trinajstić information content (AvgIpc) is 3.13. The topological polar surface area (TPSA) is 29.9 Å². The van der Waals surface area contributed by atoms with Gasteiger partial charge in [0, 0.05) is 12.6 Å². The highest BCUT2D eigenvalue weighted by Gasteiger charge is 2.18. The van der Waals surface area contributed by atoms with Crippen LogP contribution in [0.5, 0.6) is 0 Å². The quantitative estimate of drug-likeness (QED) is 0.415. The monoisotopic (exact) mass is 383 g/mol. The molecule has 0 unspecified atom stereocenters. The van der Waals surface area contributed by atoms with E-state index in [0.717, 1.165) is 17.9 Å². The zero-order chi connectivity index (χ0) is 20.4. The number of rotatable bonds is 6. The average molecular weight is 384 g/mol. The molecule has 0 aliphatic heterocycles. The van der Waals surface area contributed by atoms with Gasteiger partial charge in [0.25, 0.3) is 0 Å². The van der Waals surface area contributed by atoms with E-state index in [1.54, 1.807) is 0 Å². The van der Waals surface area contributed by atoms with Crippen molar-refractivity contribution in [3.05, 3.63) is 89.7 Å². The molecule has 0 aliphatic carbocycles. The van der Waals surface area contributed by atoms with Crippen molar-refractivity contribution in [1.82, 2.24) is 14.9 Å². The lowest BCUT2D eigenvalue weighted by Gasteiger charge is -2.19. The summed E-state index contributed by atoms with van der Waals surface area (Å²) in [6.07, 6.45) is 0. The molecule has 3 aromatic carbocycles. The van der Waals surface area contributed by atoms with Crippen LogP contribution in [0.4, 0.5) is 0 Å². The largest absolute Gasteiger partial charge is 0.324 e. The molecule has 0 saturated heterocycles. The third kappa shape index (κ3) is 3.96. The fourth-order valence-corrected chi connectivity index (χ4v) is 3.97. The molecule has 0 bridgehead atoms. The summed E-state index contributed by atoms with van der Waals surface area (Å²) in [7, 11) is 0. The summed E-state index contributed by atoms with van der Waals surface area (Å²) >= 11 is 0. The minimum Gasteiger partial charge on any atom is -0.324 e.